The van der Waals surface area contributed by atoms with E-state index in [1.165, 1.54) is 0 Å². The van der Waals surface area contributed by atoms with Crippen LogP contribution in [0.4, 0.5) is 0 Å². The number of hydrogen-bond donors (Lipinski definition) is 0. The third kappa shape index (κ3) is 6.60. The number of carbonyl (C=O) groups excluding carboxylic acids is 2. The van der Waals surface area contributed by atoms with Crippen LogP contribution in [0.15, 0.2) is 78.9 Å². The Balaban J connectivity index is 2.17. The van der Waals surface area contributed by atoms with Crippen molar-refractivity contribution in [1.82, 2.24) is 0 Å². The van der Waals surface area contributed by atoms with E-state index < -0.39 is 23.0 Å². The van der Waals surface area contributed by atoms with E-state index in [0.717, 1.165) is 27.8 Å². The monoisotopic (exact) mass is 472 g/mol. The Hall–Kier alpha value is -3.40. The Labute approximate surface area is 209 Å². The number of esters is 2. The molecule has 4 nitrogen and oxygen atoms in total. The van der Waals surface area contributed by atoms with Crippen molar-refractivity contribution in [2.24, 2.45) is 10.8 Å². The number of hydrogen-bond acceptors (Lipinski definition) is 4. The average molecular weight is 473 g/mol. The molecule has 0 aromatic heterocycles. The fourth-order valence-electron chi connectivity index (χ4n) is 3.55. The van der Waals surface area contributed by atoms with Crippen LogP contribution in [0, 0.1) is 17.8 Å². The molecule has 0 radical (unpaired) electrons. The normalized spacial score (nSPS) is 13.6. The van der Waals surface area contributed by atoms with Crippen molar-refractivity contribution in [2.45, 2.75) is 60.7 Å². The molecule has 0 aliphatic carbocycles. The highest BCUT2D eigenvalue weighted by atomic mass is 16.6. The number of aryl methyl sites for hydroxylation is 1. The van der Waals surface area contributed by atoms with Gasteiger partial charge >= 0.3 is 11.9 Å². The van der Waals surface area contributed by atoms with Crippen LogP contribution in [-0.4, -0.2) is 11.9 Å². The molecule has 4 heteroatoms. The molecule has 0 bridgehead atoms. The second-order valence-corrected chi connectivity index (χ2v) is 11.0. The first-order chi connectivity index (χ1) is 16.4. The van der Waals surface area contributed by atoms with Crippen molar-refractivity contribution in [3.8, 4) is 0 Å². The molecule has 0 spiro atoms. The summed E-state index contributed by atoms with van der Waals surface area (Å²) in [5, 5.41) is 0. The average Bonchev–Trinajstić information content (AvgIpc) is 2.81. The lowest BCUT2D eigenvalue weighted by molar-refractivity contribution is -0.159. The minimum atomic E-state index is -0.671. The Morgan fingerprint density at radius 2 is 0.943 bits per heavy atom. The van der Waals surface area contributed by atoms with E-state index in [0.29, 0.717) is 0 Å². The minimum Gasteiger partial charge on any atom is -0.452 e. The van der Waals surface area contributed by atoms with Crippen LogP contribution in [0.3, 0.4) is 0 Å². The first kappa shape index (κ1) is 26.2. The number of rotatable bonds is 6. The highest BCUT2D eigenvalue weighted by Gasteiger charge is 2.33. The second-order valence-electron chi connectivity index (χ2n) is 11.0. The van der Waals surface area contributed by atoms with Gasteiger partial charge in [0.1, 0.15) is 0 Å². The highest BCUT2D eigenvalue weighted by molar-refractivity contribution is 5.77. The van der Waals surface area contributed by atoms with Crippen molar-refractivity contribution in [3.05, 3.63) is 107 Å². The van der Waals surface area contributed by atoms with Gasteiger partial charge in [-0.3, -0.25) is 9.59 Å². The Bertz CT molecular complexity index is 1150. The summed E-state index contributed by atoms with van der Waals surface area (Å²) in [6.07, 6.45) is -1.31. The fraction of sp³-hybridized carbons (Fsp3) is 0.355. The third-order valence-corrected chi connectivity index (χ3v) is 5.72. The van der Waals surface area contributed by atoms with E-state index in [1.807, 2.05) is 127 Å². The summed E-state index contributed by atoms with van der Waals surface area (Å²) in [5.74, 6) is -0.611. The Morgan fingerprint density at radius 1 is 0.571 bits per heavy atom. The smallest absolute Gasteiger partial charge is 0.312 e. The molecule has 0 aliphatic rings. The molecule has 3 aromatic rings. The molecule has 2 atom stereocenters. The van der Waals surface area contributed by atoms with E-state index in [9.17, 15) is 9.59 Å². The molecule has 184 valence electrons. The summed E-state index contributed by atoms with van der Waals surface area (Å²) in [5.41, 5.74) is 3.04. The summed E-state index contributed by atoms with van der Waals surface area (Å²) in [7, 11) is 0. The molecule has 0 amide bonds. The van der Waals surface area contributed by atoms with E-state index in [2.05, 4.69) is 0 Å². The number of ether oxygens (including phenoxy) is 2. The van der Waals surface area contributed by atoms with Crippen LogP contribution in [0.5, 0.6) is 0 Å². The lowest BCUT2D eigenvalue weighted by Gasteiger charge is -2.29. The molecule has 0 saturated heterocycles. The van der Waals surface area contributed by atoms with Crippen molar-refractivity contribution in [2.75, 3.05) is 0 Å². The molecule has 0 aliphatic heterocycles. The molecule has 0 N–H and O–H groups in total. The lowest BCUT2D eigenvalue weighted by atomic mass is 9.89. The van der Waals surface area contributed by atoms with Gasteiger partial charge in [-0.2, -0.15) is 0 Å². The third-order valence-electron chi connectivity index (χ3n) is 5.72. The van der Waals surface area contributed by atoms with Crippen LogP contribution in [-0.2, 0) is 19.1 Å². The van der Waals surface area contributed by atoms with Gasteiger partial charge in [0.15, 0.2) is 12.2 Å². The first-order valence-corrected chi connectivity index (χ1v) is 12.0. The van der Waals surface area contributed by atoms with Crippen LogP contribution in [0.25, 0.3) is 0 Å². The zero-order valence-corrected chi connectivity index (χ0v) is 21.8. The number of benzene rings is 3. The number of carbonyl (C=O) groups is 2. The molecule has 0 heterocycles. The summed E-state index contributed by atoms with van der Waals surface area (Å²) >= 11 is 0. The summed E-state index contributed by atoms with van der Waals surface area (Å²) in [6, 6.07) is 25.3. The van der Waals surface area contributed by atoms with Crippen molar-refractivity contribution in [1.29, 1.82) is 0 Å². The van der Waals surface area contributed by atoms with Gasteiger partial charge in [-0.25, -0.2) is 0 Å². The van der Waals surface area contributed by atoms with E-state index in [4.69, 9.17) is 9.47 Å². The van der Waals surface area contributed by atoms with Crippen LogP contribution < -0.4 is 0 Å². The quantitative estimate of drug-likeness (QED) is 0.352. The summed E-state index contributed by atoms with van der Waals surface area (Å²) in [4.78, 5) is 26.1. The lowest BCUT2D eigenvalue weighted by Crippen LogP contribution is -2.28. The summed E-state index contributed by atoms with van der Waals surface area (Å²) < 4.78 is 12.3. The molecule has 0 fully saturated rings. The molecule has 0 saturated carbocycles. The predicted molar refractivity (Wildman–Crippen MR) is 139 cm³/mol. The van der Waals surface area contributed by atoms with E-state index >= 15 is 0 Å². The SMILES string of the molecule is Cc1ccc(C(OC(=O)C(C)(C)C)c2ccccc2C(OC(=O)C(C)(C)C)c2ccccc2)cc1. The maximum Gasteiger partial charge on any atom is 0.312 e. The molecule has 3 rings (SSSR count). The van der Waals surface area contributed by atoms with Gasteiger partial charge < -0.3 is 9.47 Å². The summed E-state index contributed by atoms with van der Waals surface area (Å²) in [6.45, 7) is 13.0. The van der Waals surface area contributed by atoms with Crippen molar-refractivity contribution in [3.63, 3.8) is 0 Å². The van der Waals surface area contributed by atoms with Crippen molar-refractivity contribution >= 4 is 11.9 Å². The largest absolute Gasteiger partial charge is 0.452 e. The fourth-order valence-corrected chi connectivity index (χ4v) is 3.55. The van der Waals surface area contributed by atoms with Gasteiger partial charge in [-0.05, 0) is 59.6 Å². The Kier molecular flexibility index (Phi) is 7.84. The molecule has 35 heavy (non-hydrogen) atoms. The highest BCUT2D eigenvalue weighted by Crippen LogP contribution is 2.38. The standard InChI is InChI=1S/C31H36O4/c1-21-17-19-23(20-18-21)27(35-29(33)31(5,6)7)25-16-12-11-15-24(25)26(22-13-9-8-10-14-22)34-28(32)30(2,3)4/h8-20,26-27H,1-7H3. The van der Waals surface area contributed by atoms with Gasteiger partial charge in [0, 0.05) is 11.1 Å². The molecule has 3 aromatic carbocycles. The van der Waals surface area contributed by atoms with Gasteiger partial charge in [-0.1, -0.05) is 84.4 Å². The minimum absolute atomic E-state index is 0.305. The Morgan fingerprint density at radius 3 is 1.34 bits per heavy atom. The van der Waals surface area contributed by atoms with Crippen molar-refractivity contribution < 1.29 is 19.1 Å². The van der Waals surface area contributed by atoms with Crippen LogP contribution in [0.2, 0.25) is 0 Å². The van der Waals surface area contributed by atoms with E-state index in [-0.39, 0.29) is 11.9 Å². The predicted octanol–water partition coefficient (Wildman–Crippen LogP) is 7.35. The van der Waals surface area contributed by atoms with Gasteiger partial charge in [0.2, 0.25) is 0 Å². The second kappa shape index (κ2) is 10.5. The zero-order chi connectivity index (χ0) is 25.8. The van der Waals surface area contributed by atoms with Gasteiger partial charge in [0.25, 0.3) is 0 Å². The maximum atomic E-state index is 13.0. The van der Waals surface area contributed by atoms with Gasteiger partial charge in [-0.15, -0.1) is 0 Å². The molecular formula is C31H36O4. The maximum absolute atomic E-state index is 13.0. The topological polar surface area (TPSA) is 52.6 Å². The molecular weight excluding hydrogens is 436 g/mol. The first-order valence-electron chi connectivity index (χ1n) is 12.0. The van der Waals surface area contributed by atoms with Crippen LogP contribution in [0.1, 0.15) is 81.6 Å². The van der Waals surface area contributed by atoms with Gasteiger partial charge in [0.05, 0.1) is 10.8 Å². The zero-order valence-electron chi connectivity index (χ0n) is 21.8. The van der Waals surface area contributed by atoms with Crippen LogP contribution >= 0.6 is 0 Å². The molecule has 2 unspecified atom stereocenters. The van der Waals surface area contributed by atoms with E-state index in [1.54, 1.807) is 0 Å².